The molecule has 4 aromatic carbocycles. The number of nitrogens with zero attached hydrogens (tertiary/aromatic N) is 5. The summed E-state index contributed by atoms with van der Waals surface area (Å²) in [4.78, 5) is 67.0. The van der Waals surface area contributed by atoms with Crippen LogP contribution in [0.4, 0.5) is 5.69 Å². The van der Waals surface area contributed by atoms with Crippen molar-refractivity contribution in [1.82, 2.24) is 29.5 Å². The molecule has 13 nitrogen and oxygen atoms in total. The summed E-state index contributed by atoms with van der Waals surface area (Å²) < 4.78 is 10.3. The monoisotopic (exact) mass is 899 g/mol. The Labute approximate surface area is 385 Å². The number of aromatic nitrogens is 3. The lowest BCUT2D eigenvalue weighted by molar-refractivity contribution is -0.133. The molecule has 0 aliphatic carbocycles. The number of piperidine rings is 1. The number of carbonyl (C=O) groups is 5. The first-order valence-electron chi connectivity index (χ1n) is 22.4. The summed E-state index contributed by atoms with van der Waals surface area (Å²) in [6.45, 7) is 9.04. The number of benzene rings is 4. The van der Waals surface area contributed by atoms with Crippen LogP contribution in [0.15, 0.2) is 72.8 Å². The number of fused-ring (bicyclic) bond motifs is 2. The van der Waals surface area contributed by atoms with E-state index in [4.69, 9.17) is 21.4 Å². The number of likely N-dealkylation sites (tertiary alicyclic amines) is 1. The van der Waals surface area contributed by atoms with Crippen LogP contribution in [0.2, 0.25) is 5.02 Å². The number of carbonyl (C=O) groups excluding carboxylic acids is 5. The largest absolute Gasteiger partial charge is 0.493 e. The number of likely N-dealkylation sites (N-methyl/N-ethyl adjacent to an activating group) is 1. The molecule has 1 unspecified atom stereocenters. The molecule has 0 saturated carbocycles. The van der Waals surface area contributed by atoms with E-state index in [0.29, 0.717) is 81.3 Å². The molecule has 6 aromatic rings. The predicted octanol–water partition coefficient (Wildman–Crippen LogP) is 8.00. The van der Waals surface area contributed by atoms with Gasteiger partial charge >= 0.3 is 0 Å². The van der Waals surface area contributed by atoms with Crippen LogP contribution in [0, 0.1) is 26.7 Å². The zero-order valence-corrected chi connectivity index (χ0v) is 38.6. The second-order valence-corrected chi connectivity index (χ2v) is 17.3. The smallest absolute Gasteiger partial charge is 0.242 e. The third-order valence-electron chi connectivity index (χ3n) is 13.0. The number of ether oxygens (including phenoxy) is 1. The van der Waals surface area contributed by atoms with Crippen molar-refractivity contribution in [3.05, 3.63) is 112 Å². The van der Waals surface area contributed by atoms with Crippen molar-refractivity contribution in [3.8, 4) is 16.9 Å². The molecule has 7 rings (SSSR count). The highest BCUT2D eigenvalue weighted by Crippen LogP contribution is 2.42. The van der Waals surface area contributed by atoms with Crippen LogP contribution in [0.1, 0.15) is 70.7 Å². The summed E-state index contributed by atoms with van der Waals surface area (Å²) in [7, 11) is 3.42. The van der Waals surface area contributed by atoms with Crippen LogP contribution in [0.5, 0.6) is 5.75 Å². The van der Waals surface area contributed by atoms with Crippen LogP contribution >= 0.6 is 11.6 Å². The molecule has 0 radical (unpaired) electrons. The van der Waals surface area contributed by atoms with E-state index in [1.807, 2.05) is 87.1 Å². The number of aldehydes is 2. The van der Waals surface area contributed by atoms with Gasteiger partial charge in [0.05, 0.1) is 28.5 Å². The molecule has 1 fully saturated rings. The van der Waals surface area contributed by atoms with Gasteiger partial charge in [-0.2, -0.15) is 5.10 Å². The molecule has 340 valence electrons. The number of hydrogen-bond acceptors (Lipinski definition) is 8. The van der Waals surface area contributed by atoms with Gasteiger partial charge in [0.25, 0.3) is 0 Å². The maximum atomic E-state index is 13.9. The minimum atomic E-state index is -0.831. The van der Waals surface area contributed by atoms with Crippen molar-refractivity contribution in [2.45, 2.75) is 78.4 Å². The molecule has 1 aliphatic heterocycles. The highest BCUT2D eigenvalue weighted by atomic mass is 35.5. The minimum Gasteiger partial charge on any atom is -0.493 e. The quantitative estimate of drug-likeness (QED) is 0.0579. The second kappa shape index (κ2) is 21.1. The molecule has 1 aliphatic rings. The normalized spacial score (nSPS) is 13.8. The maximum Gasteiger partial charge on any atom is 0.242 e. The fourth-order valence-corrected chi connectivity index (χ4v) is 9.68. The molecule has 0 spiro atoms. The van der Waals surface area contributed by atoms with Crippen molar-refractivity contribution in [3.63, 3.8) is 0 Å². The van der Waals surface area contributed by atoms with Gasteiger partial charge in [-0.1, -0.05) is 66.2 Å². The van der Waals surface area contributed by atoms with Crippen LogP contribution in [-0.2, 0) is 45.7 Å². The lowest BCUT2D eigenvalue weighted by Crippen LogP contribution is -2.45. The average Bonchev–Trinajstić information content (AvgIpc) is 3.76. The van der Waals surface area contributed by atoms with Crippen LogP contribution in [0.25, 0.3) is 32.8 Å². The second-order valence-electron chi connectivity index (χ2n) is 16.9. The standard InChI is InChI=1S/C51H58ClN7O6/c1-33-12-8-17-43(41(33)30-58(32-62)44(18-10-28-60)51(64)53-4)54-50(63)37-22-24-57(25-23-37)26-27-59-45(31-61)39(16-11-29-65-46-19-9-14-36-13-6-7-15-38(36)46)40-20-21-42(52)48(49(40)59)47-34(2)55-56(5)35(47)3/h6-9,12-15,17,19-21,28,31-32,37,44H,10-11,16,18,22-27,29-30H2,1-5H3,(H,53,64)(H,54,63). The Morgan fingerprint density at radius 2 is 1.68 bits per heavy atom. The number of nitrogens with one attached hydrogen (secondary N) is 2. The summed E-state index contributed by atoms with van der Waals surface area (Å²) in [5, 5.41) is 14.2. The molecule has 1 atom stereocenters. The number of halogens is 1. The van der Waals surface area contributed by atoms with Gasteiger partial charge in [-0.25, -0.2) is 0 Å². The lowest BCUT2D eigenvalue weighted by atomic mass is 9.95. The third-order valence-corrected chi connectivity index (χ3v) is 13.3. The Morgan fingerprint density at radius 3 is 2.38 bits per heavy atom. The van der Waals surface area contributed by atoms with E-state index in [2.05, 4.69) is 38.3 Å². The molecule has 3 heterocycles. The Balaban J connectivity index is 1.08. The van der Waals surface area contributed by atoms with Crippen LogP contribution < -0.4 is 15.4 Å². The Kier molecular flexibility index (Phi) is 15.2. The number of aryl methyl sites for hydroxylation is 4. The fraction of sp³-hybridized carbons (Fsp3) is 0.373. The summed E-state index contributed by atoms with van der Waals surface area (Å²) >= 11 is 7.11. The molecule has 65 heavy (non-hydrogen) atoms. The molecular formula is C51H58ClN7O6. The van der Waals surface area contributed by atoms with Crippen molar-refractivity contribution < 1.29 is 28.7 Å². The van der Waals surface area contributed by atoms with Gasteiger partial charge < -0.3 is 34.5 Å². The molecule has 14 heteroatoms. The fourth-order valence-electron chi connectivity index (χ4n) is 9.44. The Morgan fingerprint density at radius 1 is 0.923 bits per heavy atom. The van der Waals surface area contributed by atoms with Crippen molar-refractivity contribution >= 4 is 69.8 Å². The van der Waals surface area contributed by atoms with Crippen molar-refractivity contribution in [2.75, 3.05) is 38.6 Å². The number of rotatable bonds is 20. The third kappa shape index (κ3) is 10.0. The Bertz CT molecular complexity index is 2710. The molecular weight excluding hydrogens is 842 g/mol. The zero-order chi connectivity index (χ0) is 46.2. The van der Waals surface area contributed by atoms with E-state index in [1.165, 1.54) is 11.9 Å². The van der Waals surface area contributed by atoms with Crippen molar-refractivity contribution in [2.24, 2.45) is 13.0 Å². The average molecular weight is 901 g/mol. The number of hydrogen-bond donors (Lipinski definition) is 2. The van der Waals surface area contributed by atoms with Crippen molar-refractivity contribution in [1.29, 1.82) is 0 Å². The van der Waals surface area contributed by atoms with Gasteiger partial charge in [-0.15, -0.1) is 0 Å². The first-order chi connectivity index (χ1) is 31.5. The lowest BCUT2D eigenvalue weighted by Gasteiger charge is -2.32. The SMILES string of the molecule is CNC(=O)C(CCC=O)N(C=O)Cc1c(C)cccc1NC(=O)C1CCN(CCn2c(C=O)c(CCCOc3cccc4ccccc34)c3ccc(Cl)c(-c4c(C)nn(C)c4C)c32)CC1. The summed E-state index contributed by atoms with van der Waals surface area (Å²) in [6, 6.07) is 22.9. The molecule has 2 N–H and O–H groups in total. The van der Waals surface area contributed by atoms with E-state index in [-0.39, 0.29) is 37.1 Å². The first-order valence-corrected chi connectivity index (χ1v) is 22.7. The highest BCUT2D eigenvalue weighted by molar-refractivity contribution is 6.35. The molecule has 1 saturated heterocycles. The van der Waals surface area contributed by atoms with Gasteiger partial charge in [0, 0.05) is 79.3 Å². The molecule has 0 bridgehead atoms. The topological polar surface area (TPSA) is 148 Å². The first kappa shape index (κ1) is 46.7. The van der Waals surface area contributed by atoms with Crippen LogP contribution in [0.3, 0.4) is 0 Å². The molecule has 3 amide bonds. The zero-order valence-electron chi connectivity index (χ0n) is 37.9. The summed E-state index contributed by atoms with van der Waals surface area (Å²) in [6.07, 6.45) is 5.23. The summed E-state index contributed by atoms with van der Waals surface area (Å²) in [5.74, 6) is 0.128. The highest BCUT2D eigenvalue weighted by Gasteiger charge is 2.30. The van der Waals surface area contributed by atoms with Gasteiger partial charge in [0.1, 0.15) is 18.1 Å². The van der Waals surface area contributed by atoms with E-state index >= 15 is 0 Å². The van der Waals surface area contributed by atoms with Gasteiger partial charge in [-0.05, 0) is 106 Å². The maximum absolute atomic E-state index is 13.9. The van der Waals surface area contributed by atoms with Gasteiger partial charge in [0.15, 0.2) is 6.29 Å². The van der Waals surface area contributed by atoms with E-state index in [0.717, 1.165) is 79.2 Å². The van der Waals surface area contributed by atoms with E-state index < -0.39 is 6.04 Å². The minimum absolute atomic E-state index is 0.0888. The van der Waals surface area contributed by atoms with Gasteiger partial charge in [-0.3, -0.25) is 23.9 Å². The summed E-state index contributed by atoms with van der Waals surface area (Å²) in [5.41, 5.74) is 8.30. The van der Waals surface area contributed by atoms with E-state index in [1.54, 1.807) is 0 Å². The van der Waals surface area contributed by atoms with E-state index in [9.17, 15) is 24.0 Å². The Hall–Kier alpha value is -6.31. The predicted molar refractivity (Wildman–Crippen MR) is 256 cm³/mol. The number of anilines is 1. The molecule has 2 aromatic heterocycles. The van der Waals surface area contributed by atoms with Gasteiger partial charge in [0.2, 0.25) is 18.2 Å². The van der Waals surface area contributed by atoms with Crippen LogP contribution in [-0.4, -0.2) is 94.3 Å². The number of amides is 3.